The lowest BCUT2D eigenvalue weighted by molar-refractivity contribution is -0.137. The molecular formula is C21H22F4N4O2. The first-order valence-corrected chi connectivity index (χ1v) is 9.62. The molecule has 0 aliphatic carbocycles. The molecule has 0 spiro atoms. The van der Waals surface area contributed by atoms with Crippen molar-refractivity contribution in [1.82, 2.24) is 15.2 Å². The summed E-state index contributed by atoms with van der Waals surface area (Å²) in [7, 11) is 0. The molecule has 0 unspecified atom stereocenters. The summed E-state index contributed by atoms with van der Waals surface area (Å²) in [5.41, 5.74) is 2.63. The monoisotopic (exact) mass is 438 g/mol. The first kappa shape index (κ1) is 22.7. The van der Waals surface area contributed by atoms with Crippen molar-refractivity contribution in [3.63, 3.8) is 0 Å². The summed E-state index contributed by atoms with van der Waals surface area (Å²) in [6.07, 6.45) is -3.18. The van der Waals surface area contributed by atoms with Crippen LogP contribution in [0.1, 0.15) is 16.7 Å². The van der Waals surface area contributed by atoms with E-state index in [4.69, 9.17) is 0 Å². The molecule has 0 bridgehead atoms. The first-order valence-electron chi connectivity index (χ1n) is 9.62. The third kappa shape index (κ3) is 6.76. The van der Waals surface area contributed by atoms with E-state index in [1.165, 1.54) is 18.2 Å². The summed E-state index contributed by atoms with van der Waals surface area (Å²) in [5.74, 6) is -1.02. The number of hydrogen-bond donors (Lipinski definition) is 2. The highest BCUT2D eigenvalue weighted by Gasteiger charge is 2.30. The summed E-state index contributed by atoms with van der Waals surface area (Å²) >= 11 is 0. The molecular weight excluding hydrogens is 416 g/mol. The molecule has 1 fully saturated rings. The summed E-state index contributed by atoms with van der Waals surface area (Å²) in [5, 5.41) is 13.3. The topological polar surface area (TPSA) is 68.2 Å². The fourth-order valence-electron chi connectivity index (χ4n) is 3.20. The Hall–Kier alpha value is -2.98. The van der Waals surface area contributed by atoms with Gasteiger partial charge in [0.1, 0.15) is 11.6 Å². The zero-order valence-corrected chi connectivity index (χ0v) is 16.6. The average molecular weight is 438 g/mol. The van der Waals surface area contributed by atoms with Gasteiger partial charge in [-0.1, -0.05) is 12.1 Å². The number of halogens is 4. The SMILES string of the molecule is O=C(CN1CCN(Cc2ccc(C(F)(F)F)cc2)CC1)N/N=C\c1cc(F)ccc1O. The first-order chi connectivity index (χ1) is 14.7. The van der Waals surface area contributed by atoms with Crippen molar-refractivity contribution in [1.29, 1.82) is 0 Å². The number of hydrazone groups is 1. The minimum absolute atomic E-state index is 0.126. The fourth-order valence-corrected chi connectivity index (χ4v) is 3.20. The van der Waals surface area contributed by atoms with Gasteiger partial charge in [-0.05, 0) is 35.9 Å². The maximum Gasteiger partial charge on any atom is 0.416 e. The summed E-state index contributed by atoms with van der Waals surface area (Å²) in [6, 6.07) is 8.54. The lowest BCUT2D eigenvalue weighted by Gasteiger charge is -2.34. The molecule has 6 nitrogen and oxygen atoms in total. The Labute approximate surface area is 176 Å². The van der Waals surface area contributed by atoms with Crippen LogP contribution in [0.25, 0.3) is 0 Å². The maximum absolute atomic E-state index is 13.2. The van der Waals surface area contributed by atoms with Crippen LogP contribution in [-0.4, -0.2) is 59.8 Å². The van der Waals surface area contributed by atoms with Gasteiger partial charge in [-0.15, -0.1) is 0 Å². The van der Waals surface area contributed by atoms with Crippen LogP contribution in [-0.2, 0) is 17.5 Å². The van der Waals surface area contributed by atoms with Gasteiger partial charge in [0.2, 0.25) is 0 Å². The molecule has 1 saturated heterocycles. The number of benzene rings is 2. The van der Waals surface area contributed by atoms with Crippen molar-refractivity contribution in [3.05, 3.63) is 65.0 Å². The number of nitrogens with one attached hydrogen (secondary N) is 1. The number of phenolic OH excluding ortho intramolecular Hbond substituents is 1. The van der Waals surface area contributed by atoms with E-state index in [-0.39, 0.29) is 23.8 Å². The average Bonchev–Trinajstić information content (AvgIpc) is 2.72. The smallest absolute Gasteiger partial charge is 0.416 e. The number of alkyl halides is 3. The molecule has 2 aromatic rings. The Kier molecular flexibility index (Phi) is 7.24. The largest absolute Gasteiger partial charge is 0.507 e. The minimum Gasteiger partial charge on any atom is -0.507 e. The molecule has 1 aliphatic rings. The van der Waals surface area contributed by atoms with Gasteiger partial charge in [-0.2, -0.15) is 18.3 Å². The zero-order valence-electron chi connectivity index (χ0n) is 16.6. The summed E-state index contributed by atoms with van der Waals surface area (Å²) in [6.45, 7) is 3.27. The van der Waals surface area contributed by atoms with Crippen LogP contribution in [0.4, 0.5) is 17.6 Å². The van der Waals surface area contributed by atoms with E-state index >= 15 is 0 Å². The van der Waals surface area contributed by atoms with Crippen LogP contribution >= 0.6 is 0 Å². The number of amides is 1. The molecule has 2 aromatic carbocycles. The Morgan fingerprint density at radius 2 is 1.71 bits per heavy atom. The van der Waals surface area contributed by atoms with Crippen LogP contribution < -0.4 is 5.43 Å². The van der Waals surface area contributed by atoms with E-state index in [9.17, 15) is 27.5 Å². The Balaban J connectivity index is 1.41. The maximum atomic E-state index is 13.2. The third-order valence-electron chi connectivity index (χ3n) is 4.90. The fraction of sp³-hybridized carbons (Fsp3) is 0.333. The predicted molar refractivity (Wildman–Crippen MR) is 107 cm³/mol. The van der Waals surface area contributed by atoms with E-state index in [2.05, 4.69) is 15.4 Å². The number of carbonyl (C=O) groups is 1. The van der Waals surface area contributed by atoms with Gasteiger partial charge >= 0.3 is 6.18 Å². The summed E-state index contributed by atoms with van der Waals surface area (Å²) < 4.78 is 51.1. The van der Waals surface area contributed by atoms with Gasteiger partial charge in [0.15, 0.2) is 0 Å². The molecule has 10 heteroatoms. The second-order valence-electron chi connectivity index (χ2n) is 7.24. The van der Waals surface area contributed by atoms with E-state index in [1.54, 1.807) is 0 Å². The number of rotatable bonds is 6. The molecule has 3 rings (SSSR count). The van der Waals surface area contributed by atoms with Gasteiger partial charge < -0.3 is 5.11 Å². The van der Waals surface area contributed by atoms with Crippen LogP contribution in [0, 0.1) is 5.82 Å². The number of hydrogen-bond acceptors (Lipinski definition) is 5. The molecule has 31 heavy (non-hydrogen) atoms. The van der Waals surface area contributed by atoms with Crippen molar-refractivity contribution in [2.45, 2.75) is 12.7 Å². The Morgan fingerprint density at radius 1 is 1.06 bits per heavy atom. The second-order valence-corrected chi connectivity index (χ2v) is 7.24. The lowest BCUT2D eigenvalue weighted by atomic mass is 10.1. The van der Waals surface area contributed by atoms with E-state index in [0.29, 0.717) is 32.7 Å². The Bertz CT molecular complexity index is 924. The van der Waals surface area contributed by atoms with Crippen molar-refractivity contribution in [3.8, 4) is 5.75 Å². The predicted octanol–water partition coefficient (Wildman–Crippen LogP) is 2.82. The minimum atomic E-state index is -4.34. The van der Waals surface area contributed by atoms with Crippen LogP contribution in [0.2, 0.25) is 0 Å². The molecule has 2 N–H and O–H groups in total. The van der Waals surface area contributed by atoms with Gasteiger partial charge in [0.05, 0.1) is 18.3 Å². The van der Waals surface area contributed by atoms with Crippen molar-refractivity contribution >= 4 is 12.1 Å². The molecule has 166 valence electrons. The van der Waals surface area contributed by atoms with Crippen LogP contribution in [0.3, 0.4) is 0 Å². The third-order valence-corrected chi connectivity index (χ3v) is 4.90. The van der Waals surface area contributed by atoms with Crippen LogP contribution in [0.5, 0.6) is 5.75 Å². The highest BCUT2D eigenvalue weighted by Crippen LogP contribution is 2.29. The number of aromatic hydroxyl groups is 1. The van der Waals surface area contributed by atoms with Gasteiger partial charge in [-0.3, -0.25) is 14.6 Å². The highest BCUT2D eigenvalue weighted by atomic mass is 19.4. The zero-order chi connectivity index (χ0) is 22.4. The van der Waals surface area contributed by atoms with Gasteiger partial charge in [-0.25, -0.2) is 9.82 Å². The van der Waals surface area contributed by atoms with Gasteiger partial charge in [0, 0.05) is 38.3 Å². The molecule has 0 radical (unpaired) electrons. The second kappa shape index (κ2) is 9.88. The van der Waals surface area contributed by atoms with Crippen molar-refractivity contribution < 1.29 is 27.5 Å². The van der Waals surface area contributed by atoms with E-state index in [1.807, 2.05) is 4.90 Å². The molecule has 0 saturated carbocycles. The van der Waals surface area contributed by atoms with E-state index < -0.39 is 17.6 Å². The number of piperazine rings is 1. The number of nitrogens with zero attached hydrogens (tertiary/aromatic N) is 3. The number of phenols is 1. The van der Waals surface area contributed by atoms with Crippen molar-refractivity contribution in [2.75, 3.05) is 32.7 Å². The molecule has 0 aromatic heterocycles. The normalized spacial score (nSPS) is 16.0. The molecule has 1 aliphatic heterocycles. The van der Waals surface area contributed by atoms with E-state index in [0.717, 1.165) is 36.0 Å². The lowest BCUT2D eigenvalue weighted by Crippen LogP contribution is -2.48. The van der Waals surface area contributed by atoms with Crippen molar-refractivity contribution in [2.24, 2.45) is 5.10 Å². The Morgan fingerprint density at radius 3 is 2.35 bits per heavy atom. The standard InChI is InChI=1S/C21H22F4N4O2/c22-18-5-6-19(30)16(11-18)12-26-27-20(31)14-29-9-7-28(8-10-29)13-15-1-3-17(4-2-15)21(23,24)25/h1-6,11-12,30H,7-10,13-14H2,(H,27,31)/b26-12-. The highest BCUT2D eigenvalue weighted by molar-refractivity contribution is 5.85. The number of carbonyl (C=O) groups excluding carboxylic acids is 1. The quantitative estimate of drug-likeness (QED) is 0.414. The molecule has 1 amide bonds. The molecule has 0 atom stereocenters. The van der Waals surface area contributed by atoms with Gasteiger partial charge in [0.25, 0.3) is 5.91 Å². The van der Waals surface area contributed by atoms with Crippen LogP contribution in [0.15, 0.2) is 47.6 Å². The summed E-state index contributed by atoms with van der Waals surface area (Å²) in [4.78, 5) is 16.1. The molecule has 1 heterocycles.